The Morgan fingerprint density at radius 2 is 0.500 bits per heavy atom. The number of benzene rings is 4. The molecule has 0 aromatic heterocycles. The number of hydrogen-bond donors (Lipinski definition) is 0. The lowest BCUT2D eigenvalue weighted by Gasteiger charge is -2.06. The Hall–Kier alpha value is -3.12. The van der Waals surface area contributed by atoms with Crippen molar-refractivity contribution in [2.24, 2.45) is 0 Å². The zero-order chi connectivity index (χ0) is 27.4. The zero-order valence-corrected chi connectivity index (χ0v) is 24.9. The monoisotopic (exact) mass is 480 g/mol. The minimum Gasteiger partial charge on any atom is -0.0591 e. The number of hydrogen-bond acceptors (Lipinski definition) is 0. The van der Waals surface area contributed by atoms with Crippen LogP contribution in [0, 0.1) is 83.1 Å². The van der Waals surface area contributed by atoms with Gasteiger partial charge in [-0.1, -0.05) is 95.1 Å². The van der Waals surface area contributed by atoms with Crippen LogP contribution in [0.4, 0.5) is 0 Å². The molecule has 4 rings (SSSR count). The molecule has 0 nitrogen and oxygen atoms in total. The topological polar surface area (TPSA) is 0 Å². The average Bonchev–Trinajstić information content (AvgIpc) is 2.83. The second kappa shape index (κ2) is 15.1. The first kappa shape index (κ1) is 30.9. The Morgan fingerprint density at radius 1 is 0.250 bits per heavy atom. The summed E-state index contributed by atoms with van der Waals surface area (Å²) in [5.74, 6) is 0. The molecule has 0 aliphatic heterocycles. The van der Waals surface area contributed by atoms with Gasteiger partial charge in [-0.15, -0.1) is 0 Å². The van der Waals surface area contributed by atoms with Crippen molar-refractivity contribution >= 4 is 0 Å². The first-order chi connectivity index (χ1) is 16.8. The summed E-state index contributed by atoms with van der Waals surface area (Å²) in [6.07, 6.45) is 0. The lowest BCUT2D eigenvalue weighted by molar-refractivity contribution is 1.22. The van der Waals surface area contributed by atoms with Crippen LogP contribution in [0.2, 0.25) is 0 Å². The third-order valence-corrected chi connectivity index (χ3v) is 6.87. The largest absolute Gasteiger partial charge is 0.0591 e. The van der Waals surface area contributed by atoms with E-state index in [1.165, 1.54) is 66.8 Å². The smallest absolute Gasteiger partial charge is 0.0392 e. The van der Waals surface area contributed by atoms with Crippen molar-refractivity contribution in [1.29, 1.82) is 0 Å². The molecule has 0 spiro atoms. The van der Waals surface area contributed by atoms with Crippen LogP contribution >= 0.6 is 0 Å². The van der Waals surface area contributed by atoms with Gasteiger partial charge < -0.3 is 0 Å². The molecule has 0 saturated carbocycles. The van der Waals surface area contributed by atoms with E-state index in [4.69, 9.17) is 0 Å². The van der Waals surface area contributed by atoms with Crippen molar-refractivity contribution in [3.05, 3.63) is 140 Å². The summed E-state index contributed by atoms with van der Waals surface area (Å²) >= 11 is 0. The molecule has 0 aliphatic carbocycles. The molecule has 0 aliphatic rings. The van der Waals surface area contributed by atoms with E-state index in [-0.39, 0.29) is 0 Å². The molecular formula is C36H48. The standard InChI is InChI=1S/C10H14.2C9H12.C8H10/c1-7-5-6-8(2)10(4)9(7)3;2*1-7-4-5-8(2)9(3)6-7;1-7-3-5-8(2)6-4-7/h5-6H,1-4H3;2*4-6H,1-3H3;3-6H,1-2H3. The molecule has 0 heterocycles. The number of aryl methyl sites for hydroxylation is 10. The Kier molecular flexibility index (Phi) is 13.0. The SMILES string of the molecule is Cc1ccc(C)c(C)c1.Cc1ccc(C)c(C)c1.Cc1ccc(C)c(C)c1C.Cc1ccc(C)cc1. The van der Waals surface area contributed by atoms with E-state index in [0.717, 1.165) is 0 Å². The third-order valence-electron chi connectivity index (χ3n) is 6.87. The summed E-state index contributed by atoms with van der Waals surface area (Å²) in [5, 5.41) is 0. The van der Waals surface area contributed by atoms with E-state index in [9.17, 15) is 0 Å². The first-order valence-electron chi connectivity index (χ1n) is 13.0. The second-order valence-electron chi connectivity index (χ2n) is 10.3. The summed E-state index contributed by atoms with van der Waals surface area (Å²) in [6, 6.07) is 25.8. The van der Waals surface area contributed by atoms with Gasteiger partial charge in [0.15, 0.2) is 0 Å². The molecule has 0 heteroatoms. The van der Waals surface area contributed by atoms with Crippen molar-refractivity contribution in [2.75, 3.05) is 0 Å². The van der Waals surface area contributed by atoms with Gasteiger partial charge in [-0.2, -0.15) is 0 Å². The maximum absolute atomic E-state index is 2.20. The van der Waals surface area contributed by atoms with Crippen LogP contribution in [0.15, 0.2) is 72.8 Å². The van der Waals surface area contributed by atoms with E-state index in [1.807, 2.05) is 0 Å². The Balaban J connectivity index is 0.000000241. The molecule has 4 aromatic rings. The summed E-state index contributed by atoms with van der Waals surface area (Å²) in [7, 11) is 0. The van der Waals surface area contributed by atoms with Gasteiger partial charge in [0, 0.05) is 0 Å². The van der Waals surface area contributed by atoms with Gasteiger partial charge in [0.25, 0.3) is 0 Å². The Bertz CT molecular complexity index is 1130. The van der Waals surface area contributed by atoms with Gasteiger partial charge in [-0.3, -0.25) is 0 Å². The summed E-state index contributed by atoms with van der Waals surface area (Å²) in [5.41, 5.74) is 16.5. The molecule has 0 N–H and O–H groups in total. The highest BCUT2D eigenvalue weighted by Crippen LogP contribution is 2.15. The Labute approximate surface area is 222 Å². The van der Waals surface area contributed by atoms with Crippen molar-refractivity contribution in [3.63, 3.8) is 0 Å². The van der Waals surface area contributed by atoms with E-state index in [0.29, 0.717) is 0 Å². The molecular weight excluding hydrogens is 432 g/mol. The van der Waals surface area contributed by atoms with E-state index in [2.05, 4.69) is 156 Å². The van der Waals surface area contributed by atoms with Crippen LogP contribution in [-0.4, -0.2) is 0 Å². The average molecular weight is 481 g/mol. The van der Waals surface area contributed by atoms with Crippen LogP contribution in [-0.2, 0) is 0 Å². The van der Waals surface area contributed by atoms with Crippen LogP contribution < -0.4 is 0 Å². The second-order valence-corrected chi connectivity index (χ2v) is 10.3. The molecule has 0 fully saturated rings. The molecule has 0 radical (unpaired) electrons. The minimum atomic E-state index is 1.33. The lowest BCUT2D eigenvalue weighted by Crippen LogP contribution is -1.88. The summed E-state index contributed by atoms with van der Waals surface area (Å²) in [6.45, 7) is 25.6. The number of rotatable bonds is 0. The Morgan fingerprint density at radius 3 is 0.750 bits per heavy atom. The van der Waals surface area contributed by atoms with E-state index < -0.39 is 0 Å². The van der Waals surface area contributed by atoms with Crippen LogP contribution in [0.3, 0.4) is 0 Å². The molecule has 0 atom stereocenters. The third kappa shape index (κ3) is 11.1. The molecule has 36 heavy (non-hydrogen) atoms. The summed E-state index contributed by atoms with van der Waals surface area (Å²) < 4.78 is 0. The van der Waals surface area contributed by atoms with Gasteiger partial charge in [-0.25, -0.2) is 0 Å². The van der Waals surface area contributed by atoms with Gasteiger partial charge >= 0.3 is 0 Å². The fourth-order valence-electron chi connectivity index (χ4n) is 3.51. The molecule has 192 valence electrons. The van der Waals surface area contributed by atoms with Gasteiger partial charge in [0.2, 0.25) is 0 Å². The lowest BCUT2D eigenvalue weighted by atomic mass is 10.0. The van der Waals surface area contributed by atoms with Crippen LogP contribution in [0.25, 0.3) is 0 Å². The highest BCUT2D eigenvalue weighted by molar-refractivity contribution is 5.37. The van der Waals surface area contributed by atoms with Crippen LogP contribution in [0.1, 0.15) is 66.8 Å². The normalized spacial score (nSPS) is 9.67. The molecule has 4 aromatic carbocycles. The van der Waals surface area contributed by atoms with E-state index in [1.54, 1.807) is 0 Å². The van der Waals surface area contributed by atoms with Crippen molar-refractivity contribution in [1.82, 2.24) is 0 Å². The van der Waals surface area contributed by atoms with Gasteiger partial charge in [0.05, 0.1) is 0 Å². The molecule has 0 amide bonds. The first-order valence-corrected chi connectivity index (χ1v) is 13.0. The molecule has 0 saturated heterocycles. The van der Waals surface area contributed by atoms with Crippen molar-refractivity contribution in [3.8, 4) is 0 Å². The van der Waals surface area contributed by atoms with Crippen molar-refractivity contribution in [2.45, 2.75) is 83.1 Å². The maximum Gasteiger partial charge on any atom is -0.0392 e. The maximum atomic E-state index is 2.20. The van der Waals surface area contributed by atoms with Gasteiger partial charge in [0.1, 0.15) is 0 Å². The predicted octanol–water partition coefficient (Wildman–Crippen LogP) is 10.4. The molecule has 0 unspecified atom stereocenters. The fourth-order valence-corrected chi connectivity index (χ4v) is 3.51. The quantitative estimate of drug-likeness (QED) is 0.235. The van der Waals surface area contributed by atoms with Gasteiger partial charge in [-0.05, 0) is 128 Å². The minimum absolute atomic E-state index is 1.33. The van der Waals surface area contributed by atoms with E-state index >= 15 is 0 Å². The van der Waals surface area contributed by atoms with Crippen molar-refractivity contribution < 1.29 is 0 Å². The van der Waals surface area contributed by atoms with Crippen LogP contribution in [0.5, 0.6) is 0 Å². The zero-order valence-electron chi connectivity index (χ0n) is 24.9. The predicted molar refractivity (Wildman–Crippen MR) is 163 cm³/mol. The summed E-state index contributed by atoms with van der Waals surface area (Å²) in [4.78, 5) is 0. The fraction of sp³-hybridized carbons (Fsp3) is 0.333. The highest BCUT2D eigenvalue weighted by atomic mass is 14.0. The highest BCUT2D eigenvalue weighted by Gasteiger charge is 1.97. The molecule has 0 bridgehead atoms.